The molecule has 1 unspecified atom stereocenters. The van der Waals surface area contributed by atoms with Crippen LogP contribution in [-0.2, 0) is 9.59 Å². The van der Waals surface area contributed by atoms with Crippen molar-refractivity contribution in [1.29, 1.82) is 0 Å². The van der Waals surface area contributed by atoms with Gasteiger partial charge in [0.05, 0.1) is 23.6 Å². The number of rotatable bonds is 3. The Morgan fingerprint density at radius 2 is 1.78 bits per heavy atom. The van der Waals surface area contributed by atoms with Gasteiger partial charge in [0.15, 0.2) is 11.4 Å². The number of ketones is 2. The number of hydrogen-bond acceptors (Lipinski definition) is 9. The van der Waals surface area contributed by atoms with E-state index in [4.69, 9.17) is 5.73 Å². The fourth-order valence-corrected chi connectivity index (χ4v) is 6.83. The van der Waals surface area contributed by atoms with Crippen molar-refractivity contribution in [3.8, 4) is 5.75 Å². The molecule has 0 saturated carbocycles. The van der Waals surface area contributed by atoms with Crippen molar-refractivity contribution in [2.24, 2.45) is 17.6 Å². The molecule has 0 aromatic heterocycles. The van der Waals surface area contributed by atoms with Gasteiger partial charge in [0.25, 0.3) is 5.91 Å². The van der Waals surface area contributed by atoms with Gasteiger partial charge in [-0.3, -0.25) is 19.3 Å². The van der Waals surface area contributed by atoms with E-state index in [0.717, 1.165) is 12.8 Å². The quantitative estimate of drug-likeness (QED) is 0.256. The van der Waals surface area contributed by atoms with Gasteiger partial charge in [0.1, 0.15) is 22.8 Å². The van der Waals surface area contributed by atoms with Crippen molar-refractivity contribution < 1.29 is 39.9 Å². The third-order valence-electron chi connectivity index (χ3n) is 8.57. The molecule has 1 aromatic carbocycles. The zero-order valence-electron chi connectivity index (χ0n) is 20.7. The summed E-state index contributed by atoms with van der Waals surface area (Å²) in [6.07, 6.45) is 3.93. The second kappa shape index (κ2) is 8.27. The first-order chi connectivity index (χ1) is 17.3. The highest BCUT2D eigenvalue weighted by atomic mass is 16.4. The van der Waals surface area contributed by atoms with Crippen LogP contribution in [0.4, 0.5) is 0 Å². The molecule has 0 spiro atoms. The number of likely N-dealkylation sites (N-methyl/N-ethyl adjacent to an activating group) is 1. The summed E-state index contributed by atoms with van der Waals surface area (Å²) in [5.41, 5.74) is 2.06. The van der Waals surface area contributed by atoms with Crippen LogP contribution in [0.15, 0.2) is 46.9 Å². The lowest BCUT2D eigenvalue weighted by Crippen LogP contribution is -2.68. The Morgan fingerprint density at radius 3 is 2.35 bits per heavy atom. The number of amides is 1. The van der Waals surface area contributed by atoms with Crippen LogP contribution in [0.2, 0.25) is 0 Å². The van der Waals surface area contributed by atoms with Crippen LogP contribution in [-0.4, -0.2) is 79.7 Å². The van der Waals surface area contributed by atoms with Gasteiger partial charge in [-0.2, -0.15) is 0 Å². The van der Waals surface area contributed by atoms with Crippen molar-refractivity contribution in [1.82, 2.24) is 4.90 Å². The summed E-state index contributed by atoms with van der Waals surface area (Å²) < 4.78 is 0. The fraction of sp³-hybridized carbons (Fsp3) is 0.444. The molecule has 4 aliphatic rings. The lowest BCUT2D eigenvalue weighted by molar-refractivity contribution is -0.162. The molecular formula is C27H30N2O8. The molecule has 1 aromatic rings. The molecule has 0 bridgehead atoms. The number of aliphatic hydroxyl groups excluding tert-OH is 3. The smallest absolute Gasteiger partial charge is 0.255 e. The maximum absolute atomic E-state index is 13.9. The topological polar surface area (TPSA) is 182 Å². The summed E-state index contributed by atoms with van der Waals surface area (Å²) in [6, 6.07) is 2.19. The maximum atomic E-state index is 13.9. The molecule has 196 valence electrons. The third-order valence-corrected chi connectivity index (χ3v) is 8.57. The zero-order chi connectivity index (χ0) is 27.1. The van der Waals surface area contributed by atoms with E-state index in [1.807, 2.05) is 12.2 Å². The number of allylic oxidation sites excluding steroid dienone is 2. The maximum Gasteiger partial charge on any atom is 0.255 e. The van der Waals surface area contributed by atoms with E-state index in [1.165, 1.54) is 19.0 Å². The highest BCUT2D eigenvalue weighted by Gasteiger charge is 2.67. The van der Waals surface area contributed by atoms with E-state index in [9.17, 15) is 39.9 Å². The van der Waals surface area contributed by atoms with E-state index >= 15 is 0 Å². The Kier molecular flexibility index (Phi) is 5.63. The molecule has 0 heterocycles. The monoisotopic (exact) mass is 510 g/mol. The number of primary amides is 1. The Balaban J connectivity index is 1.76. The van der Waals surface area contributed by atoms with Gasteiger partial charge in [-0.05, 0) is 38.4 Å². The summed E-state index contributed by atoms with van der Waals surface area (Å²) in [5.74, 6) is -8.84. The molecule has 1 amide bonds. The molecule has 0 fully saturated rings. The normalized spacial score (nSPS) is 35.1. The summed E-state index contributed by atoms with van der Waals surface area (Å²) in [4.78, 5) is 40.8. The summed E-state index contributed by atoms with van der Waals surface area (Å²) in [6.45, 7) is 1.71. The van der Waals surface area contributed by atoms with E-state index in [1.54, 1.807) is 19.1 Å². The Morgan fingerprint density at radius 1 is 1.14 bits per heavy atom. The second-order valence-electron chi connectivity index (χ2n) is 10.6. The van der Waals surface area contributed by atoms with Gasteiger partial charge in [-0.1, -0.05) is 31.2 Å². The van der Waals surface area contributed by atoms with Crippen molar-refractivity contribution in [2.75, 3.05) is 14.1 Å². The van der Waals surface area contributed by atoms with Crippen molar-refractivity contribution in [3.63, 3.8) is 0 Å². The van der Waals surface area contributed by atoms with Crippen molar-refractivity contribution in [3.05, 3.63) is 63.6 Å². The lowest BCUT2D eigenvalue weighted by atomic mass is 9.55. The highest BCUT2D eigenvalue weighted by Crippen LogP contribution is 2.56. The van der Waals surface area contributed by atoms with Crippen LogP contribution in [0.1, 0.15) is 53.1 Å². The number of hydrogen-bond donors (Lipinski definition) is 6. The van der Waals surface area contributed by atoms with E-state index < -0.39 is 75.6 Å². The number of aliphatic hydroxyl groups is 4. The molecule has 7 atom stereocenters. The minimum Gasteiger partial charge on any atom is -0.510 e. The molecule has 10 nitrogen and oxygen atoms in total. The molecule has 37 heavy (non-hydrogen) atoms. The third kappa shape index (κ3) is 3.12. The summed E-state index contributed by atoms with van der Waals surface area (Å²) >= 11 is 0. The van der Waals surface area contributed by atoms with Crippen LogP contribution in [0, 0.1) is 11.8 Å². The SMILES string of the molecule is C[C@@H]1c2ccc(C3C=CCC3)c(O)c2C(=O)C2=C(O)[C@]3(O)C(=O)C(C(N)=O)=C(O)[C@@H](N(C)C)[C@@H]3[C@H](O)[C@@H]21. The molecule has 5 rings (SSSR count). The molecule has 10 heteroatoms. The number of carbonyl (C=O) groups is 3. The average Bonchev–Trinajstić information content (AvgIpc) is 3.35. The lowest BCUT2D eigenvalue weighted by Gasteiger charge is -2.53. The molecule has 0 aliphatic heterocycles. The predicted octanol–water partition coefficient (Wildman–Crippen LogP) is 1.09. The summed E-state index contributed by atoms with van der Waals surface area (Å²) in [5, 5.41) is 56.8. The fourth-order valence-electron chi connectivity index (χ4n) is 6.83. The largest absolute Gasteiger partial charge is 0.510 e. The number of phenols is 1. The number of aromatic hydroxyl groups is 1. The van der Waals surface area contributed by atoms with Gasteiger partial charge >= 0.3 is 0 Å². The Bertz CT molecular complexity index is 1340. The second-order valence-corrected chi connectivity index (χ2v) is 10.6. The molecule has 7 N–H and O–H groups in total. The molecule has 0 radical (unpaired) electrons. The minimum absolute atomic E-state index is 0.0571. The Labute approximate surface area is 213 Å². The van der Waals surface area contributed by atoms with Crippen LogP contribution >= 0.6 is 0 Å². The van der Waals surface area contributed by atoms with E-state index in [0.29, 0.717) is 11.1 Å². The van der Waals surface area contributed by atoms with Crippen LogP contribution in [0.3, 0.4) is 0 Å². The van der Waals surface area contributed by atoms with Gasteiger partial charge in [0, 0.05) is 23.0 Å². The zero-order valence-corrected chi connectivity index (χ0v) is 20.7. The van der Waals surface area contributed by atoms with Crippen LogP contribution < -0.4 is 5.73 Å². The minimum atomic E-state index is -2.91. The van der Waals surface area contributed by atoms with Gasteiger partial charge < -0.3 is 31.3 Å². The van der Waals surface area contributed by atoms with Crippen molar-refractivity contribution >= 4 is 17.5 Å². The van der Waals surface area contributed by atoms with E-state index in [2.05, 4.69) is 0 Å². The predicted molar refractivity (Wildman–Crippen MR) is 131 cm³/mol. The van der Waals surface area contributed by atoms with Gasteiger partial charge in [0.2, 0.25) is 5.78 Å². The molecular weight excluding hydrogens is 480 g/mol. The average molecular weight is 511 g/mol. The number of carbonyl (C=O) groups excluding carboxylic acids is 3. The first-order valence-electron chi connectivity index (χ1n) is 12.2. The number of benzene rings is 1. The van der Waals surface area contributed by atoms with Crippen LogP contribution in [0.25, 0.3) is 0 Å². The molecule has 0 saturated heterocycles. The summed E-state index contributed by atoms with van der Waals surface area (Å²) in [7, 11) is 3.00. The van der Waals surface area contributed by atoms with E-state index in [-0.39, 0.29) is 17.2 Å². The van der Waals surface area contributed by atoms with Gasteiger partial charge in [-0.15, -0.1) is 0 Å². The first-order valence-corrected chi connectivity index (χ1v) is 12.2. The number of phenolic OH excluding ortho intramolecular Hbond substituents is 1. The first kappa shape index (κ1) is 25.2. The number of Topliss-reactive ketones (excluding diaryl/α,β-unsaturated/α-hetero) is 2. The van der Waals surface area contributed by atoms with Crippen molar-refractivity contribution in [2.45, 2.75) is 49.3 Å². The standard InChI is InChI=1S/C27H30N2O8/c1-10-12-8-9-13(11-6-4-5-7-11)20(30)15(12)21(31)16-14(10)22(32)18-19(29(2)3)23(33)17(26(28)36)25(35)27(18,37)24(16)34/h4,6,8-11,14,18-19,22,30,32-34,37H,5,7H2,1-3H3,(H2,28,36)/t10-,11?,14-,18-,19+,22-,27+/m1/s1. The number of nitrogens with two attached hydrogens (primary N) is 1. The van der Waals surface area contributed by atoms with Gasteiger partial charge in [-0.25, -0.2) is 0 Å². The molecule has 4 aliphatic carbocycles. The van der Waals surface area contributed by atoms with Crippen LogP contribution in [0.5, 0.6) is 5.75 Å². The number of nitrogens with zero attached hydrogens (tertiary/aromatic N) is 1. The highest BCUT2D eigenvalue weighted by molar-refractivity contribution is 6.25. The number of fused-ring (bicyclic) bond motifs is 3. The Hall–Kier alpha value is -3.47.